The normalized spacial score (nSPS) is 14.2. The fourth-order valence-corrected chi connectivity index (χ4v) is 1.57. The molecule has 0 saturated heterocycles. The molecule has 0 aliphatic heterocycles. The Hall–Kier alpha value is 0.270. The van der Waals surface area contributed by atoms with Crippen molar-refractivity contribution in [1.82, 2.24) is 5.23 Å². The van der Waals surface area contributed by atoms with Gasteiger partial charge in [-0.25, -0.2) is 4.62 Å². The fourth-order valence-electron chi connectivity index (χ4n) is 0.870. The van der Waals surface area contributed by atoms with Crippen LogP contribution in [0.1, 0.15) is 60.8 Å². The first-order chi connectivity index (χ1) is 7.31. The number of nitrogens with zero attached hydrogens (tertiary/aromatic N) is 1. The third-order valence-electron chi connectivity index (χ3n) is 3.28. The van der Waals surface area contributed by atoms with Crippen LogP contribution >= 0.6 is 9.03 Å². The van der Waals surface area contributed by atoms with Gasteiger partial charge in [-0.1, -0.05) is 26.0 Å². The van der Waals surface area contributed by atoms with Crippen LogP contribution in [0.25, 0.3) is 0 Å². The topological polar surface area (TPSA) is 41.9 Å². The Labute approximate surface area is 101 Å². The highest BCUT2D eigenvalue weighted by Crippen LogP contribution is 2.31. The molecule has 0 bridgehead atoms. The van der Waals surface area contributed by atoms with Gasteiger partial charge in [0.25, 0.3) is 0 Å². The lowest BCUT2D eigenvalue weighted by Crippen LogP contribution is -2.41. The fraction of sp³-hybridized carbons (Fsp3) is 1.00. The minimum atomic E-state index is -0.341. The highest BCUT2D eigenvalue weighted by Gasteiger charge is 2.29. The molecule has 0 rings (SSSR count). The van der Waals surface area contributed by atoms with Crippen molar-refractivity contribution in [2.75, 3.05) is 0 Å². The third kappa shape index (κ3) is 5.07. The van der Waals surface area contributed by atoms with Gasteiger partial charge in [-0.05, 0) is 40.0 Å². The average molecular weight is 251 g/mol. The molecular weight excluding hydrogens is 225 g/mol. The molecule has 0 spiro atoms. The molecule has 5 heteroatoms. The summed E-state index contributed by atoms with van der Waals surface area (Å²) in [7, 11) is -0.174. The molecule has 1 unspecified atom stereocenters. The predicted molar refractivity (Wildman–Crippen MR) is 67.5 cm³/mol. The van der Waals surface area contributed by atoms with E-state index in [1.807, 2.05) is 34.6 Å². The van der Waals surface area contributed by atoms with E-state index in [0.717, 1.165) is 24.5 Å². The Morgan fingerprint density at radius 2 is 1.56 bits per heavy atom. The van der Waals surface area contributed by atoms with E-state index in [1.54, 1.807) is 0 Å². The van der Waals surface area contributed by atoms with Crippen molar-refractivity contribution in [3.63, 3.8) is 0 Å². The number of rotatable bonds is 8. The molecule has 0 aliphatic carbocycles. The standard InChI is InChI=1S/C11H26NO3P/c1-7-10(4,5)14-16-15-12(13)11(6,8-2)9-3/h13,16H,7-9H2,1-6H3. The molecule has 98 valence electrons. The lowest BCUT2D eigenvalue weighted by atomic mass is 9.97. The lowest BCUT2D eigenvalue weighted by Gasteiger charge is -2.34. The third-order valence-corrected chi connectivity index (χ3v) is 4.16. The summed E-state index contributed by atoms with van der Waals surface area (Å²) in [6.07, 6.45) is 2.55. The SMILES string of the molecule is CCC(C)(C)OPON(O)C(C)(CC)CC. The quantitative estimate of drug-likeness (QED) is 0.524. The van der Waals surface area contributed by atoms with Crippen molar-refractivity contribution >= 4 is 9.03 Å². The van der Waals surface area contributed by atoms with Crippen molar-refractivity contribution < 1.29 is 14.4 Å². The number of hydrogen-bond donors (Lipinski definition) is 1. The first-order valence-electron chi connectivity index (χ1n) is 5.90. The molecule has 0 fully saturated rings. The maximum Gasteiger partial charge on any atom is 0.181 e. The summed E-state index contributed by atoms with van der Waals surface area (Å²) >= 11 is 0. The van der Waals surface area contributed by atoms with Gasteiger partial charge in [0.05, 0.1) is 11.1 Å². The van der Waals surface area contributed by atoms with Crippen LogP contribution < -0.4 is 0 Å². The zero-order valence-electron chi connectivity index (χ0n) is 11.3. The summed E-state index contributed by atoms with van der Waals surface area (Å²) in [6.45, 7) is 12.1. The van der Waals surface area contributed by atoms with Gasteiger partial charge in [-0.15, -0.1) is 0 Å². The summed E-state index contributed by atoms with van der Waals surface area (Å²) in [6, 6.07) is 0. The van der Waals surface area contributed by atoms with E-state index >= 15 is 0 Å². The Bertz CT molecular complexity index is 196. The zero-order valence-corrected chi connectivity index (χ0v) is 12.3. The van der Waals surface area contributed by atoms with Gasteiger partial charge >= 0.3 is 0 Å². The molecule has 0 radical (unpaired) electrons. The maximum atomic E-state index is 9.78. The summed E-state index contributed by atoms with van der Waals surface area (Å²) in [5.41, 5.74) is -0.541. The van der Waals surface area contributed by atoms with Gasteiger partial charge in [0.1, 0.15) is 0 Å². The summed E-state index contributed by atoms with van der Waals surface area (Å²) < 4.78 is 10.8. The van der Waals surface area contributed by atoms with E-state index < -0.39 is 0 Å². The molecule has 0 heterocycles. The molecule has 0 aromatic carbocycles. The van der Waals surface area contributed by atoms with Gasteiger partial charge in [0.2, 0.25) is 0 Å². The van der Waals surface area contributed by atoms with Crippen LogP contribution in [0.5, 0.6) is 0 Å². The largest absolute Gasteiger partial charge is 0.329 e. The second-order valence-corrected chi connectivity index (χ2v) is 5.42. The lowest BCUT2D eigenvalue weighted by molar-refractivity contribution is -0.337. The zero-order chi connectivity index (χ0) is 12.8. The monoisotopic (exact) mass is 251 g/mol. The van der Waals surface area contributed by atoms with E-state index in [-0.39, 0.29) is 20.2 Å². The van der Waals surface area contributed by atoms with Crippen molar-refractivity contribution in [3.8, 4) is 0 Å². The highest BCUT2D eigenvalue weighted by atomic mass is 31.1. The van der Waals surface area contributed by atoms with Crippen molar-refractivity contribution in [1.29, 1.82) is 0 Å². The molecule has 0 aromatic heterocycles. The molecule has 0 aromatic rings. The second kappa shape index (κ2) is 6.87. The highest BCUT2D eigenvalue weighted by molar-refractivity contribution is 7.26. The molecule has 1 N–H and O–H groups in total. The van der Waals surface area contributed by atoms with Crippen LogP contribution in [0, 0.1) is 0 Å². The molecule has 0 aliphatic rings. The van der Waals surface area contributed by atoms with Crippen LogP contribution in [0.3, 0.4) is 0 Å². The Balaban J connectivity index is 4.03. The number of hydrogen-bond acceptors (Lipinski definition) is 4. The smallest absolute Gasteiger partial charge is 0.181 e. The van der Waals surface area contributed by atoms with E-state index in [2.05, 4.69) is 6.92 Å². The maximum absolute atomic E-state index is 9.78. The molecule has 0 saturated carbocycles. The molecule has 4 nitrogen and oxygen atoms in total. The van der Waals surface area contributed by atoms with Gasteiger partial charge in [-0.2, -0.15) is 0 Å². The van der Waals surface area contributed by atoms with Gasteiger partial charge in [-0.3, -0.25) is 5.21 Å². The molecule has 0 amide bonds. The number of hydroxylamine groups is 2. The van der Waals surface area contributed by atoms with Crippen LogP contribution in [-0.2, 0) is 9.15 Å². The molecule has 1 atom stereocenters. The van der Waals surface area contributed by atoms with E-state index in [0.29, 0.717) is 0 Å². The van der Waals surface area contributed by atoms with Crippen molar-refractivity contribution in [2.24, 2.45) is 0 Å². The van der Waals surface area contributed by atoms with Gasteiger partial charge < -0.3 is 4.52 Å². The van der Waals surface area contributed by atoms with Crippen LogP contribution in [0.15, 0.2) is 0 Å². The summed E-state index contributed by atoms with van der Waals surface area (Å²) in [4.78, 5) is 0. The van der Waals surface area contributed by atoms with Crippen LogP contribution in [-0.4, -0.2) is 21.6 Å². The van der Waals surface area contributed by atoms with Crippen molar-refractivity contribution in [2.45, 2.75) is 71.9 Å². The van der Waals surface area contributed by atoms with E-state index in [9.17, 15) is 5.21 Å². The molecular formula is C11H26NO3P. The first-order valence-corrected chi connectivity index (χ1v) is 6.72. The molecule has 16 heavy (non-hydrogen) atoms. The average Bonchev–Trinajstić information content (AvgIpc) is 2.27. The first kappa shape index (κ1) is 16.3. The Kier molecular flexibility index (Phi) is 6.99. The van der Waals surface area contributed by atoms with Gasteiger partial charge in [0.15, 0.2) is 9.03 Å². The Morgan fingerprint density at radius 3 is 1.94 bits per heavy atom. The minimum Gasteiger partial charge on any atom is -0.329 e. The second-order valence-electron chi connectivity index (χ2n) is 4.87. The van der Waals surface area contributed by atoms with Crippen LogP contribution in [0.2, 0.25) is 0 Å². The van der Waals surface area contributed by atoms with Crippen LogP contribution in [0.4, 0.5) is 0 Å². The van der Waals surface area contributed by atoms with E-state index in [4.69, 9.17) is 9.15 Å². The van der Waals surface area contributed by atoms with E-state index in [1.165, 1.54) is 0 Å². The Morgan fingerprint density at radius 1 is 1.06 bits per heavy atom. The van der Waals surface area contributed by atoms with Gasteiger partial charge in [0, 0.05) is 0 Å². The summed E-state index contributed by atoms with van der Waals surface area (Å²) in [5.74, 6) is 0. The van der Waals surface area contributed by atoms with Crippen molar-refractivity contribution in [3.05, 3.63) is 0 Å². The minimum absolute atomic E-state index is 0.174. The predicted octanol–water partition coefficient (Wildman–Crippen LogP) is 3.90. The summed E-state index contributed by atoms with van der Waals surface area (Å²) in [5, 5.41) is 10.7.